The highest BCUT2D eigenvalue weighted by molar-refractivity contribution is 9.10. The van der Waals surface area contributed by atoms with E-state index >= 15 is 0 Å². The monoisotopic (exact) mass is 325 g/mol. The van der Waals surface area contributed by atoms with Gasteiger partial charge in [0.15, 0.2) is 4.77 Å². The van der Waals surface area contributed by atoms with Gasteiger partial charge in [0.2, 0.25) is 5.91 Å². The average Bonchev–Trinajstić information content (AvgIpc) is 2.66. The van der Waals surface area contributed by atoms with Gasteiger partial charge in [-0.15, -0.1) is 0 Å². The molecule has 1 atom stereocenters. The van der Waals surface area contributed by atoms with E-state index in [-0.39, 0.29) is 11.9 Å². The molecule has 0 saturated carbocycles. The Morgan fingerprint density at radius 2 is 2.28 bits per heavy atom. The quantitative estimate of drug-likeness (QED) is 0.792. The predicted molar refractivity (Wildman–Crippen MR) is 76.1 cm³/mol. The number of rotatable bonds is 1. The zero-order valence-corrected chi connectivity index (χ0v) is 12.0. The third-order valence-electron chi connectivity index (χ3n) is 3.25. The van der Waals surface area contributed by atoms with Crippen molar-refractivity contribution < 1.29 is 4.79 Å². The molecule has 1 unspecified atom stereocenters. The molecule has 94 valence electrons. The summed E-state index contributed by atoms with van der Waals surface area (Å²) in [6.45, 7) is 0.759. The number of benzene rings is 1. The Balaban J connectivity index is 2.21. The van der Waals surface area contributed by atoms with E-state index in [1.165, 1.54) is 0 Å². The molecule has 4 nitrogen and oxygen atoms in total. The van der Waals surface area contributed by atoms with Crippen LogP contribution in [0.1, 0.15) is 18.9 Å². The second-order valence-electron chi connectivity index (χ2n) is 4.41. The van der Waals surface area contributed by atoms with Gasteiger partial charge in [-0.25, -0.2) is 0 Å². The highest BCUT2D eigenvalue weighted by Crippen LogP contribution is 2.26. The smallest absolute Gasteiger partial charge is 0.243 e. The molecular weight excluding hydrogens is 314 g/mol. The number of hydrogen-bond acceptors (Lipinski definition) is 2. The lowest BCUT2D eigenvalue weighted by molar-refractivity contribution is -0.125. The maximum atomic E-state index is 12.0. The number of piperidine rings is 1. The number of carbonyl (C=O) groups is 1. The van der Waals surface area contributed by atoms with Gasteiger partial charge in [0.05, 0.1) is 11.0 Å². The first-order valence-corrected chi connectivity index (χ1v) is 7.04. The average molecular weight is 326 g/mol. The molecule has 1 fully saturated rings. The minimum absolute atomic E-state index is 0.0539. The van der Waals surface area contributed by atoms with E-state index in [0.29, 0.717) is 4.77 Å². The lowest BCUT2D eigenvalue weighted by atomic mass is 10.1. The summed E-state index contributed by atoms with van der Waals surface area (Å²) < 4.78 is 3.50. The van der Waals surface area contributed by atoms with Crippen LogP contribution in [0.3, 0.4) is 0 Å². The van der Waals surface area contributed by atoms with Crippen LogP contribution in [0.4, 0.5) is 0 Å². The number of aromatic nitrogens is 2. The number of imidazole rings is 1. The van der Waals surface area contributed by atoms with E-state index in [4.69, 9.17) is 12.2 Å². The van der Waals surface area contributed by atoms with Gasteiger partial charge in [-0.05, 0) is 43.3 Å². The fraction of sp³-hybridized carbons (Fsp3) is 0.333. The molecule has 1 saturated heterocycles. The van der Waals surface area contributed by atoms with E-state index in [2.05, 4.69) is 26.2 Å². The van der Waals surface area contributed by atoms with E-state index in [9.17, 15) is 4.79 Å². The molecule has 0 radical (unpaired) electrons. The summed E-state index contributed by atoms with van der Waals surface area (Å²) in [5, 5.41) is 2.90. The van der Waals surface area contributed by atoms with Crippen LogP contribution < -0.4 is 5.32 Å². The van der Waals surface area contributed by atoms with Gasteiger partial charge >= 0.3 is 0 Å². The molecule has 0 bridgehead atoms. The van der Waals surface area contributed by atoms with Crippen LogP contribution in [0.15, 0.2) is 22.7 Å². The van der Waals surface area contributed by atoms with Crippen LogP contribution in [0.2, 0.25) is 0 Å². The Kier molecular flexibility index (Phi) is 2.99. The second-order valence-corrected chi connectivity index (χ2v) is 5.71. The number of nitrogens with zero attached hydrogens (tertiary/aromatic N) is 1. The van der Waals surface area contributed by atoms with Crippen LogP contribution in [0, 0.1) is 4.77 Å². The molecule has 2 aromatic rings. The molecule has 2 N–H and O–H groups in total. The Morgan fingerprint density at radius 1 is 1.44 bits per heavy atom. The SMILES string of the molecule is O=C1NCCCC1n1c(=S)[nH]c2ccc(Br)cc21. The summed E-state index contributed by atoms with van der Waals surface area (Å²) in [5.41, 5.74) is 1.93. The van der Waals surface area contributed by atoms with Crippen molar-refractivity contribution in [1.82, 2.24) is 14.9 Å². The van der Waals surface area contributed by atoms with Gasteiger partial charge in [0, 0.05) is 11.0 Å². The number of aromatic amines is 1. The van der Waals surface area contributed by atoms with Gasteiger partial charge in [0.25, 0.3) is 0 Å². The van der Waals surface area contributed by atoms with Crippen molar-refractivity contribution in [3.05, 3.63) is 27.4 Å². The van der Waals surface area contributed by atoms with Crippen molar-refractivity contribution in [3.8, 4) is 0 Å². The molecule has 1 aromatic heterocycles. The molecule has 0 spiro atoms. The summed E-state index contributed by atoms with van der Waals surface area (Å²) in [6.07, 6.45) is 1.82. The van der Waals surface area contributed by atoms with E-state index in [0.717, 1.165) is 34.9 Å². The first kappa shape index (κ1) is 11.9. The molecule has 3 rings (SSSR count). The lowest BCUT2D eigenvalue weighted by Gasteiger charge is -2.23. The second kappa shape index (κ2) is 4.51. The summed E-state index contributed by atoms with van der Waals surface area (Å²) in [5.74, 6) is 0.0539. The summed E-state index contributed by atoms with van der Waals surface area (Å²) in [6, 6.07) is 5.71. The van der Waals surface area contributed by atoms with Crippen LogP contribution in [0.5, 0.6) is 0 Å². The predicted octanol–water partition coefficient (Wildman–Crippen LogP) is 2.91. The van der Waals surface area contributed by atoms with Crippen LogP contribution in [-0.4, -0.2) is 22.0 Å². The van der Waals surface area contributed by atoms with Crippen molar-refractivity contribution >= 4 is 45.1 Å². The normalized spacial score (nSPS) is 20.1. The fourth-order valence-electron chi connectivity index (χ4n) is 2.41. The number of nitrogens with one attached hydrogen (secondary N) is 2. The van der Waals surface area contributed by atoms with E-state index in [1.807, 2.05) is 22.8 Å². The number of fused-ring (bicyclic) bond motifs is 1. The van der Waals surface area contributed by atoms with Crippen molar-refractivity contribution in [1.29, 1.82) is 0 Å². The van der Waals surface area contributed by atoms with Crippen molar-refractivity contribution in [2.24, 2.45) is 0 Å². The molecule has 1 aliphatic heterocycles. The standard InChI is InChI=1S/C12H12BrN3OS/c13-7-3-4-8-10(6-7)16(12(18)15-8)9-2-1-5-14-11(9)17/h3-4,6,9H,1-2,5H2,(H,14,17)(H,15,18). The van der Waals surface area contributed by atoms with Crippen molar-refractivity contribution in [2.45, 2.75) is 18.9 Å². The zero-order valence-electron chi connectivity index (χ0n) is 9.57. The van der Waals surface area contributed by atoms with E-state index in [1.54, 1.807) is 0 Å². The lowest BCUT2D eigenvalue weighted by Crippen LogP contribution is -2.37. The topological polar surface area (TPSA) is 49.8 Å². The van der Waals surface area contributed by atoms with Crippen LogP contribution in [0.25, 0.3) is 11.0 Å². The molecule has 1 aromatic carbocycles. The first-order chi connectivity index (χ1) is 8.66. The maximum absolute atomic E-state index is 12.0. The Hall–Kier alpha value is -1.14. The maximum Gasteiger partial charge on any atom is 0.243 e. The van der Waals surface area contributed by atoms with Crippen LogP contribution >= 0.6 is 28.1 Å². The number of carbonyl (C=O) groups excluding carboxylic acids is 1. The van der Waals surface area contributed by atoms with Crippen LogP contribution in [-0.2, 0) is 4.79 Å². The van der Waals surface area contributed by atoms with Gasteiger partial charge in [-0.3, -0.25) is 4.79 Å². The minimum Gasteiger partial charge on any atom is -0.354 e. The third kappa shape index (κ3) is 1.89. The third-order valence-corrected chi connectivity index (χ3v) is 4.04. The number of hydrogen-bond donors (Lipinski definition) is 2. The largest absolute Gasteiger partial charge is 0.354 e. The fourth-order valence-corrected chi connectivity index (χ4v) is 3.09. The molecule has 1 aliphatic rings. The van der Waals surface area contributed by atoms with Gasteiger partial charge in [0.1, 0.15) is 6.04 Å². The molecule has 2 heterocycles. The van der Waals surface area contributed by atoms with Gasteiger partial charge in [-0.1, -0.05) is 15.9 Å². The molecule has 18 heavy (non-hydrogen) atoms. The van der Waals surface area contributed by atoms with Crippen molar-refractivity contribution in [2.75, 3.05) is 6.54 Å². The number of halogens is 1. The number of amides is 1. The van der Waals surface area contributed by atoms with E-state index < -0.39 is 0 Å². The number of H-pyrrole nitrogens is 1. The molecule has 0 aliphatic carbocycles. The summed E-state index contributed by atoms with van der Waals surface area (Å²) in [4.78, 5) is 15.1. The highest BCUT2D eigenvalue weighted by atomic mass is 79.9. The zero-order chi connectivity index (χ0) is 12.7. The minimum atomic E-state index is -0.200. The Bertz CT molecular complexity index is 676. The Morgan fingerprint density at radius 3 is 3.06 bits per heavy atom. The molecular formula is C12H12BrN3OS. The van der Waals surface area contributed by atoms with Gasteiger partial charge < -0.3 is 14.9 Å². The first-order valence-electron chi connectivity index (χ1n) is 5.84. The van der Waals surface area contributed by atoms with Crippen molar-refractivity contribution in [3.63, 3.8) is 0 Å². The highest BCUT2D eigenvalue weighted by Gasteiger charge is 2.25. The molecule has 1 amide bonds. The summed E-state index contributed by atoms with van der Waals surface area (Å²) >= 11 is 8.80. The molecule has 6 heteroatoms. The Labute approximate surface area is 118 Å². The van der Waals surface area contributed by atoms with Gasteiger partial charge in [-0.2, -0.15) is 0 Å². The summed E-state index contributed by atoms with van der Waals surface area (Å²) in [7, 11) is 0.